The molecular weight excluding hydrogens is 268 g/mol. The van der Waals surface area contributed by atoms with E-state index in [2.05, 4.69) is 10.2 Å². The number of morpholine rings is 1. The van der Waals surface area contributed by atoms with Crippen LogP contribution in [0.4, 0.5) is 0 Å². The number of carbonyl (C=O) groups is 1. The third-order valence-electron chi connectivity index (χ3n) is 3.51. The summed E-state index contributed by atoms with van der Waals surface area (Å²) in [6, 6.07) is 7.70. The molecule has 5 nitrogen and oxygen atoms in total. The van der Waals surface area contributed by atoms with Gasteiger partial charge in [-0.2, -0.15) is 0 Å². The summed E-state index contributed by atoms with van der Waals surface area (Å²) in [5.74, 6) is 0.869. The molecule has 0 spiro atoms. The van der Waals surface area contributed by atoms with Crippen LogP contribution in [0.5, 0.6) is 5.75 Å². The maximum atomic E-state index is 12.0. The molecule has 1 N–H and O–H groups in total. The highest BCUT2D eigenvalue weighted by Gasteiger charge is 2.23. The number of methoxy groups -OCH3 is 1. The minimum atomic E-state index is 0.0483. The van der Waals surface area contributed by atoms with Crippen molar-refractivity contribution in [2.45, 2.75) is 32.6 Å². The van der Waals surface area contributed by atoms with Gasteiger partial charge in [0.2, 0.25) is 5.91 Å². The van der Waals surface area contributed by atoms with Crippen LogP contribution in [0.25, 0.3) is 0 Å². The minimum absolute atomic E-state index is 0.0483. The molecule has 0 bridgehead atoms. The third-order valence-corrected chi connectivity index (χ3v) is 3.51. The molecule has 0 aliphatic carbocycles. The lowest BCUT2D eigenvalue weighted by Gasteiger charge is -2.34. The Balaban J connectivity index is 1.76. The summed E-state index contributed by atoms with van der Waals surface area (Å²) in [6.07, 6.45) is 0.367. The summed E-state index contributed by atoms with van der Waals surface area (Å²) < 4.78 is 10.8. The van der Waals surface area contributed by atoms with Crippen LogP contribution in [0.1, 0.15) is 19.4 Å². The second-order valence-corrected chi connectivity index (χ2v) is 5.58. The summed E-state index contributed by atoms with van der Waals surface area (Å²) in [5.41, 5.74) is 1.06. The van der Waals surface area contributed by atoms with Crippen molar-refractivity contribution in [3.05, 3.63) is 29.8 Å². The van der Waals surface area contributed by atoms with E-state index in [4.69, 9.17) is 9.47 Å². The van der Waals surface area contributed by atoms with Crippen LogP contribution >= 0.6 is 0 Å². The van der Waals surface area contributed by atoms with Crippen LogP contribution in [-0.4, -0.2) is 49.8 Å². The number of amides is 1. The Bertz CT molecular complexity index is 451. The van der Waals surface area contributed by atoms with Gasteiger partial charge in [-0.15, -0.1) is 0 Å². The second kappa shape index (κ2) is 7.43. The van der Waals surface area contributed by atoms with Crippen molar-refractivity contribution in [1.29, 1.82) is 0 Å². The highest BCUT2D eigenvalue weighted by Crippen LogP contribution is 2.11. The number of ether oxygens (including phenoxy) is 2. The van der Waals surface area contributed by atoms with Crippen molar-refractivity contribution < 1.29 is 14.3 Å². The topological polar surface area (TPSA) is 50.8 Å². The van der Waals surface area contributed by atoms with Gasteiger partial charge in [-0.3, -0.25) is 9.69 Å². The number of rotatable bonds is 5. The van der Waals surface area contributed by atoms with Gasteiger partial charge in [0, 0.05) is 19.6 Å². The molecule has 1 aromatic carbocycles. The van der Waals surface area contributed by atoms with Gasteiger partial charge < -0.3 is 14.8 Å². The maximum Gasteiger partial charge on any atom is 0.234 e. The Labute approximate surface area is 126 Å². The molecule has 1 aliphatic heterocycles. The van der Waals surface area contributed by atoms with Crippen molar-refractivity contribution in [2.24, 2.45) is 0 Å². The fourth-order valence-electron chi connectivity index (χ4n) is 2.62. The Morgan fingerprint density at radius 1 is 1.29 bits per heavy atom. The molecule has 0 saturated carbocycles. The SMILES string of the molecule is COc1ccc(CNC(=O)CN2CC(C)OC(C)C2)cc1. The molecule has 1 amide bonds. The normalized spacial score (nSPS) is 22.8. The van der Waals surface area contributed by atoms with E-state index in [9.17, 15) is 4.79 Å². The fraction of sp³-hybridized carbons (Fsp3) is 0.562. The van der Waals surface area contributed by atoms with E-state index < -0.39 is 0 Å². The minimum Gasteiger partial charge on any atom is -0.497 e. The molecule has 1 aromatic rings. The molecule has 21 heavy (non-hydrogen) atoms. The van der Waals surface area contributed by atoms with Crippen LogP contribution in [-0.2, 0) is 16.1 Å². The van der Waals surface area contributed by atoms with E-state index in [0.29, 0.717) is 13.1 Å². The summed E-state index contributed by atoms with van der Waals surface area (Å²) in [4.78, 5) is 14.1. The lowest BCUT2D eigenvalue weighted by atomic mass is 10.2. The second-order valence-electron chi connectivity index (χ2n) is 5.58. The average Bonchev–Trinajstić information content (AvgIpc) is 2.44. The molecule has 1 fully saturated rings. The number of benzene rings is 1. The van der Waals surface area contributed by atoms with E-state index in [1.165, 1.54) is 0 Å². The van der Waals surface area contributed by atoms with Crippen molar-refractivity contribution in [2.75, 3.05) is 26.7 Å². The largest absolute Gasteiger partial charge is 0.497 e. The first-order valence-corrected chi connectivity index (χ1v) is 7.34. The van der Waals surface area contributed by atoms with Gasteiger partial charge in [0.05, 0.1) is 25.9 Å². The van der Waals surface area contributed by atoms with Crippen molar-refractivity contribution in [3.8, 4) is 5.75 Å². The number of carbonyl (C=O) groups excluding carboxylic acids is 1. The summed E-state index contributed by atoms with van der Waals surface area (Å²) in [6.45, 7) is 6.66. The summed E-state index contributed by atoms with van der Waals surface area (Å²) in [7, 11) is 1.64. The van der Waals surface area contributed by atoms with Gasteiger partial charge in [-0.25, -0.2) is 0 Å². The van der Waals surface area contributed by atoms with Crippen LogP contribution in [0.2, 0.25) is 0 Å². The zero-order chi connectivity index (χ0) is 15.2. The van der Waals surface area contributed by atoms with Gasteiger partial charge in [0.15, 0.2) is 0 Å². The van der Waals surface area contributed by atoms with E-state index in [1.54, 1.807) is 7.11 Å². The van der Waals surface area contributed by atoms with Gasteiger partial charge in [0.25, 0.3) is 0 Å². The van der Waals surface area contributed by atoms with Gasteiger partial charge in [0.1, 0.15) is 5.75 Å². The average molecular weight is 292 g/mol. The van der Waals surface area contributed by atoms with Gasteiger partial charge in [-0.1, -0.05) is 12.1 Å². The third kappa shape index (κ3) is 5.02. The standard InChI is InChI=1S/C16H24N2O3/c1-12-9-18(10-13(2)21-12)11-16(19)17-8-14-4-6-15(20-3)7-5-14/h4-7,12-13H,8-11H2,1-3H3,(H,17,19). The lowest BCUT2D eigenvalue weighted by molar-refractivity contribution is -0.126. The highest BCUT2D eigenvalue weighted by atomic mass is 16.5. The molecule has 1 aliphatic rings. The van der Waals surface area contributed by atoms with Crippen LogP contribution < -0.4 is 10.1 Å². The van der Waals surface area contributed by atoms with Crippen molar-refractivity contribution >= 4 is 5.91 Å². The van der Waals surface area contributed by atoms with Crippen LogP contribution in [0, 0.1) is 0 Å². The molecule has 2 rings (SSSR count). The predicted molar refractivity (Wildman–Crippen MR) is 81.3 cm³/mol. The zero-order valence-corrected chi connectivity index (χ0v) is 13.0. The smallest absolute Gasteiger partial charge is 0.234 e. The Morgan fingerprint density at radius 2 is 1.90 bits per heavy atom. The fourth-order valence-corrected chi connectivity index (χ4v) is 2.62. The molecule has 1 heterocycles. The Kier molecular flexibility index (Phi) is 5.59. The van der Waals surface area contributed by atoms with Crippen molar-refractivity contribution in [1.82, 2.24) is 10.2 Å². The molecule has 2 unspecified atom stereocenters. The first-order valence-electron chi connectivity index (χ1n) is 7.34. The van der Waals surface area contributed by atoms with Gasteiger partial charge >= 0.3 is 0 Å². The number of nitrogens with one attached hydrogen (secondary N) is 1. The Hall–Kier alpha value is -1.59. The molecule has 1 saturated heterocycles. The van der Waals surface area contributed by atoms with E-state index in [-0.39, 0.29) is 18.1 Å². The first kappa shape index (κ1) is 15.8. The first-order chi connectivity index (χ1) is 10.1. The molecule has 116 valence electrons. The van der Waals surface area contributed by atoms with Crippen LogP contribution in [0.3, 0.4) is 0 Å². The highest BCUT2D eigenvalue weighted by molar-refractivity contribution is 5.78. The maximum absolute atomic E-state index is 12.0. The molecular formula is C16H24N2O3. The van der Waals surface area contributed by atoms with Crippen molar-refractivity contribution in [3.63, 3.8) is 0 Å². The zero-order valence-electron chi connectivity index (χ0n) is 13.0. The number of nitrogens with zero attached hydrogens (tertiary/aromatic N) is 1. The van der Waals surface area contributed by atoms with E-state index in [0.717, 1.165) is 24.4 Å². The van der Waals surface area contributed by atoms with E-state index in [1.807, 2.05) is 38.1 Å². The van der Waals surface area contributed by atoms with Gasteiger partial charge in [-0.05, 0) is 31.5 Å². The molecule has 0 aromatic heterocycles. The quantitative estimate of drug-likeness (QED) is 0.892. The predicted octanol–water partition coefficient (Wildman–Crippen LogP) is 1.42. The Morgan fingerprint density at radius 3 is 2.48 bits per heavy atom. The number of hydrogen-bond donors (Lipinski definition) is 1. The van der Waals surface area contributed by atoms with Crippen LogP contribution in [0.15, 0.2) is 24.3 Å². The molecule has 2 atom stereocenters. The lowest BCUT2D eigenvalue weighted by Crippen LogP contribution is -2.49. The monoisotopic (exact) mass is 292 g/mol. The van der Waals surface area contributed by atoms with E-state index >= 15 is 0 Å². The molecule has 0 radical (unpaired) electrons. The summed E-state index contributed by atoms with van der Waals surface area (Å²) in [5, 5.41) is 2.95. The number of hydrogen-bond acceptors (Lipinski definition) is 4. The summed E-state index contributed by atoms with van der Waals surface area (Å²) >= 11 is 0. The molecule has 5 heteroatoms.